The van der Waals surface area contributed by atoms with Gasteiger partial charge in [-0.25, -0.2) is 0 Å². The Balaban J connectivity index is 3.26. The number of aliphatic carboxylic acids is 1. The van der Waals surface area contributed by atoms with Crippen molar-refractivity contribution < 1.29 is 19.4 Å². The van der Waals surface area contributed by atoms with E-state index in [0.717, 1.165) is 0 Å². The molecule has 0 saturated heterocycles. The maximum absolute atomic E-state index is 11.1. The highest BCUT2D eigenvalue weighted by atomic mass is 35.5. The number of carboxylic acid groups (broad SMARTS) is 1. The molecule has 0 radical (unpaired) electrons. The summed E-state index contributed by atoms with van der Waals surface area (Å²) in [5.41, 5.74) is 0. The number of hydrogen-bond donors (Lipinski definition) is 1. The number of ether oxygens (including phenoxy) is 2. The molecule has 15 heavy (non-hydrogen) atoms. The topological polar surface area (TPSA) is 55.8 Å². The number of halogens is 2. The third kappa shape index (κ3) is 1.90. The van der Waals surface area contributed by atoms with Crippen LogP contribution in [-0.2, 0) is 14.3 Å². The number of methoxy groups -OCH3 is 2. The van der Waals surface area contributed by atoms with Crippen molar-refractivity contribution in [2.75, 3.05) is 14.2 Å². The molecule has 1 atom stereocenters. The Bertz CT molecular complexity index is 331. The SMILES string of the molecule is COC1(OC)C(Cl)=CC=C(Cl)C1C(=O)O. The number of hydrogen-bond acceptors (Lipinski definition) is 3. The largest absolute Gasteiger partial charge is 0.481 e. The molecule has 0 aromatic heterocycles. The summed E-state index contributed by atoms with van der Waals surface area (Å²) >= 11 is 11.7. The van der Waals surface area contributed by atoms with Gasteiger partial charge in [-0.15, -0.1) is 0 Å². The zero-order valence-electron chi connectivity index (χ0n) is 8.16. The Hall–Kier alpha value is -0.550. The summed E-state index contributed by atoms with van der Waals surface area (Å²) in [5.74, 6) is -3.86. The van der Waals surface area contributed by atoms with E-state index in [0.29, 0.717) is 0 Å². The monoisotopic (exact) mass is 252 g/mol. The molecular formula is C9H10Cl2O4. The van der Waals surface area contributed by atoms with Crippen molar-refractivity contribution in [1.82, 2.24) is 0 Å². The first kappa shape index (κ1) is 12.5. The molecule has 0 spiro atoms. The fourth-order valence-electron chi connectivity index (χ4n) is 1.48. The van der Waals surface area contributed by atoms with E-state index in [1.165, 1.54) is 26.4 Å². The van der Waals surface area contributed by atoms with Gasteiger partial charge >= 0.3 is 5.97 Å². The summed E-state index contributed by atoms with van der Waals surface area (Å²) < 4.78 is 10.1. The summed E-state index contributed by atoms with van der Waals surface area (Å²) in [5, 5.41) is 9.30. The Labute approximate surface area is 97.1 Å². The van der Waals surface area contributed by atoms with Crippen molar-refractivity contribution in [3.63, 3.8) is 0 Å². The van der Waals surface area contributed by atoms with Crippen LogP contribution in [0.3, 0.4) is 0 Å². The highest BCUT2D eigenvalue weighted by Gasteiger charge is 2.50. The fourth-order valence-corrected chi connectivity index (χ4v) is 2.11. The van der Waals surface area contributed by atoms with Gasteiger partial charge in [0.25, 0.3) is 0 Å². The fraction of sp³-hybridized carbons (Fsp3) is 0.444. The van der Waals surface area contributed by atoms with Crippen LogP contribution in [0.15, 0.2) is 22.2 Å². The molecule has 0 bridgehead atoms. The van der Waals surface area contributed by atoms with Crippen molar-refractivity contribution in [2.24, 2.45) is 5.92 Å². The molecule has 0 aliphatic heterocycles. The Morgan fingerprint density at radius 2 is 1.93 bits per heavy atom. The number of carboxylic acids is 1. The molecule has 1 N–H and O–H groups in total. The molecule has 1 aliphatic rings. The van der Waals surface area contributed by atoms with E-state index in [1.807, 2.05) is 0 Å². The van der Waals surface area contributed by atoms with Gasteiger partial charge in [0.2, 0.25) is 5.79 Å². The third-order valence-electron chi connectivity index (χ3n) is 2.23. The normalized spacial score (nSPS) is 24.4. The minimum Gasteiger partial charge on any atom is -0.481 e. The number of rotatable bonds is 3. The lowest BCUT2D eigenvalue weighted by Crippen LogP contribution is -2.47. The van der Waals surface area contributed by atoms with E-state index in [4.69, 9.17) is 37.8 Å². The maximum atomic E-state index is 11.1. The highest BCUT2D eigenvalue weighted by Crippen LogP contribution is 2.42. The first-order valence-corrected chi connectivity index (χ1v) is 4.81. The summed E-state index contributed by atoms with van der Waals surface area (Å²) in [4.78, 5) is 11.1. The van der Waals surface area contributed by atoms with Crippen molar-refractivity contribution in [2.45, 2.75) is 5.79 Å². The predicted octanol–water partition coefficient (Wildman–Crippen LogP) is 1.94. The molecule has 84 valence electrons. The van der Waals surface area contributed by atoms with E-state index in [2.05, 4.69) is 0 Å². The number of carbonyl (C=O) groups is 1. The lowest BCUT2D eigenvalue weighted by Gasteiger charge is -2.37. The Kier molecular flexibility index (Phi) is 3.78. The molecule has 0 aromatic carbocycles. The van der Waals surface area contributed by atoms with Gasteiger partial charge in [0, 0.05) is 19.3 Å². The van der Waals surface area contributed by atoms with Crippen LogP contribution in [-0.4, -0.2) is 31.1 Å². The zero-order valence-corrected chi connectivity index (χ0v) is 9.67. The smallest absolute Gasteiger partial charge is 0.317 e. The van der Waals surface area contributed by atoms with Crippen LogP contribution in [0.4, 0.5) is 0 Å². The minimum atomic E-state index is -1.54. The molecule has 1 rings (SSSR count). The van der Waals surface area contributed by atoms with Crippen LogP contribution in [0.25, 0.3) is 0 Å². The third-order valence-corrected chi connectivity index (χ3v) is 2.96. The Morgan fingerprint density at radius 1 is 1.40 bits per heavy atom. The molecule has 6 heteroatoms. The molecule has 0 heterocycles. The second-order valence-electron chi connectivity index (χ2n) is 2.91. The second kappa shape index (κ2) is 4.53. The summed E-state index contributed by atoms with van der Waals surface area (Å²) in [7, 11) is 2.62. The van der Waals surface area contributed by atoms with Crippen LogP contribution in [0.5, 0.6) is 0 Å². The van der Waals surface area contributed by atoms with E-state index in [1.54, 1.807) is 0 Å². The summed E-state index contributed by atoms with van der Waals surface area (Å²) in [6.07, 6.45) is 2.87. The average molecular weight is 253 g/mol. The van der Waals surface area contributed by atoms with Crippen molar-refractivity contribution >= 4 is 29.2 Å². The van der Waals surface area contributed by atoms with Gasteiger partial charge < -0.3 is 14.6 Å². The lowest BCUT2D eigenvalue weighted by molar-refractivity contribution is -0.208. The molecule has 0 aromatic rings. The number of allylic oxidation sites excluding steroid dienone is 2. The highest BCUT2D eigenvalue weighted by molar-refractivity contribution is 6.34. The van der Waals surface area contributed by atoms with Crippen molar-refractivity contribution in [3.8, 4) is 0 Å². The van der Waals surface area contributed by atoms with E-state index >= 15 is 0 Å². The van der Waals surface area contributed by atoms with Crippen LogP contribution in [0.2, 0.25) is 0 Å². The predicted molar refractivity (Wildman–Crippen MR) is 55.7 cm³/mol. The van der Waals surface area contributed by atoms with E-state index in [9.17, 15) is 4.79 Å². The maximum Gasteiger partial charge on any atom is 0.317 e. The van der Waals surface area contributed by atoms with Crippen molar-refractivity contribution in [1.29, 1.82) is 0 Å². The van der Waals surface area contributed by atoms with Crippen LogP contribution < -0.4 is 0 Å². The molecule has 0 fully saturated rings. The van der Waals surface area contributed by atoms with Gasteiger partial charge in [-0.2, -0.15) is 0 Å². The van der Waals surface area contributed by atoms with Gasteiger partial charge in [0.1, 0.15) is 0 Å². The quantitative estimate of drug-likeness (QED) is 0.781. The summed E-state index contributed by atoms with van der Waals surface area (Å²) in [6, 6.07) is 0. The molecule has 0 amide bonds. The first-order valence-electron chi connectivity index (χ1n) is 4.06. The van der Waals surface area contributed by atoms with E-state index in [-0.39, 0.29) is 10.1 Å². The first-order chi connectivity index (χ1) is 6.99. The molecule has 1 aliphatic carbocycles. The zero-order chi connectivity index (χ0) is 11.6. The standard InChI is InChI=1S/C9H10Cl2O4/c1-14-9(15-2)6(11)4-3-5(10)7(9)8(12)13/h3-4,7H,1-2H3,(H,12,13). The van der Waals surface area contributed by atoms with E-state index < -0.39 is 17.7 Å². The second-order valence-corrected chi connectivity index (χ2v) is 3.76. The van der Waals surface area contributed by atoms with Gasteiger partial charge in [0.05, 0.1) is 5.03 Å². The van der Waals surface area contributed by atoms with Gasteiger partial charge in [0.15, 0.2) is 5.92 Å². The molecular weight excluding hydrogens is 243 g/mol. The average Bonchev–Trinajstić information content (AvgIpc) is 2.20. The van der Waals surface area contributed by atoms with Gasteiger partial charge in [-0.05, 0) is 12.2 Å². The van der Waals surface area contributed by atoms with Gasteiger partial charge in [-0.3, -0.25) is 4.79 Å². The Morgan fingerprint density at radius 3 is 2.27 bits per heavy atom. The minimum absolute atomic E-state index is 0.107. The molecule has 0 saturated carbocycles. The lowest BCUT2D eigenvalue weighted by atomic mass is 9.93. The molecule has 4 nitrogen and oxygen atoms in total. The van der Waals surface area contributed by atoms with Crippen LogP contribution in [0.1, 0.15) is 0 Å². The van der Waals surface area contributed by atoms with Crippen molar-refractivity contribution in [3.05, 3.63) is 22.2 Å². The molecule has 1 unspecified atom stereocenters. The van der Waals surface area contributed by atoms with Crippen LogP contribution in [0, 0.1) is 5.92 Å². The summed E-state index contributed by atoms with van der Waals surface area (Å²) in [6.45, 7) is 0. The van der Waals surface area contributed by atoms with Gasteiger partial charge in [-0.1, -0.05) is 23.2 Å². The van der Waals surface area contributed by atoms with Crippen LogP contribution >= 0.6 is 23.2 Å².